The number of amides is 1. The first-order valence-electron chi connectivity index (χ1n) is 4.91. The van der Waals surface area contributed by atoms with Crippen molar-refractivity contribution in [1.29, 1.82) is 0 Å². The maximum atomic E-state index is 11.1. The average molecular weight is 221 g/mol. The molecule has 1 aromatic rings. The highest BCUT2D eigenvalue weighted by atomic mass is 16.5. The molecule has 0 heterocycles. The van der Waals surface area contributed by atoms with E-state index < -0.39 is 11.5 Å². The number of ether oxygens (including phenoxy) is 1. The molecule has 0 spiro atoms. The van der Waals surface area contributed by atoms with Crippen molar-refractivity contribution in [3.63, 3.8) is 0 Å². The molecular weight excluding hydrogens is 206 g/mol. The van der Waals surface area contributed by atoms with Crippen LogP contribution in [0.4, 0.5) is 0 Å². The van der Waals surface area contributed by atoms with Crippen LogP contribution < -0.4 is 10.5 Å². The van der Waals surface area contributed by atoms with Gasteiger partial charge < -0.3 is 10.5 Å². The van der Waals surface area contributed by atoms with Gasteiger partial charge in [0.25, 0.3) is 5.91 Å². The fourth-order valence-electron chi connectivity index (χ4n) is 1.19. The van der Waals surface area contributed by atoms with Gasteiger partial charge in [-0.05, 0) is 44.5 Å². The third kappa shape index (κ3) is 2.59. The van der Waals surface area contributed by atoms with Gasteiger partial charge in [-0.1, -0.05) is 0 Å². The fourth-order valence-corrected chi connectivity index (χ4v) is 1.19. The second kappa shape index (κ2) is 4.35. The highest BCUT2D eigenvalue weighted by Gasteiger charge is 2.27. The fraction of sp³-hybridized carbons (Fsp3) is 0.333. The van der Waals surface area contributed by atoms with E-state index in [1.54, 1.807) is 39.0 Å². The second-order valence-corrected chi connectivity index (χ2v) is 4.12. The summed E-state index contributed by atoms with van der Waals surface area (Å²) in [5.74, 6) is 0.0146. The zero-order valence-electron chi connectivity index (χ0n) is 9.61. The molecule has 0 aliphatic heterocycles. The molecule has 1 aromatic carbocycles. The molecule has 0 atom stereocenters. The standard InChI is InChI=1S/C12H15NO3/c1-8-6-9(7-14)4-5-10(8)16-12(2,3)11(13)15/h4-7H,1-3H3,(H2,13,15). The van der Waals surface area contributed by atoms with E-state index in [0.29, 0.717) is 11.3 Å². The van der Waals surface area contributed by atoms with Crippen molar-refractivity contribution in [3.8, 4) is 5.75 Å². The minimum atomic E-state index is -1.06. The SMILES string of the molecule is Cc1cc(C=O)ccc1OC(C)(C)C(N)=O. The van der Waals surface area contributed by atoms with E-state index in [0.717, 1.165) is 11.8 Å². The van der Waals surface area contributed by atoms with E-state index >= 15 is 0 Å². The molecule has 0 aromatic heterocycles. The van der Waals surface area contributed by atoms with Crippen LogP contribution in [0.3, 0.4) is 0 Å². The minimum absolute atomic E-state index is 0.536. The molecular formula is C12H15NO3. The number of carbonyl (C=O) groups is 2. The van der Waals surface area contributed by atoms with Crippen molar-refractivity contribution in [2.24, 2.45) is 5.73 Å². The Labute approximate surface area is 94.4 Å². The lowest BCUT2D eigenvalue weighted by molar-refractivity contribution is -0.130. The first kappa shape index (κ1) is 12.2. The summed E-state index contributed by atoms with van der Waals surface area (Å²) in [6, 6.07) is 4.98. The zero-order valence-corrected chi connectivity index (χ0v) is 9.61. The first-order valence-corrected chi connectivity index (χ1v) is 4.91. The Balaban J connectivity index is 2.98. The number of carbonyl (C=O) groups excluding carboxylic acids is 2. The van der Waals surface area contributed by atoms with Crippen LogP contribution in [-0.4, -0.2) is 17.8 Å². The lowest BCUT2D eigenvalue weighted by Gasteiger charge is -2.23. The van der Waals surface area contributed by atoms with Crippen molar-refractivity contribution in [1.82, 2.24) is 0 Å². The summed E-state index contributed by atoms with van der Waals surface area (Å²) in [4.78, 5) is 21.6. The third-order valence-corrected chi connectivity index (χ3v) is 2.29. The predicted octanol–water partition coefficient (Wildman–Crippen LogP) is 1.45. The lowest BCUT2D eigenvalue weighted by Crippen LogP contribution is -2.43. The van der Waals surface area contributed by atoms with Gasteiger partial charge >= 0.3 is 0 Å². The van der Waals surface area contributed by atoms with E-state index in [-0.39, 0.29) is 0 Å². The highest BCUT2D eigenvalue weighted by Crippen LogP contribution is 2.23. The van der Waals surface area contributed by atoms with Crippen LogP contribution in [0.5, 0.6) is 5.75 Å². The number of rotatable bonds is 4. The maximum Gasteiger partial charge on any atom is 0.261 e. The van der Waals surface area contributed by atoms with Gasteiger partial charge in [-0.25, -0.2) is 0 Å². The molecule has 2 N–H and O–H groups in total. The Hall–Kier alpha value is -1.84. The Kier molecular flexibility index (Phi) is 3.32. The number of aryl methyl sites for hydroxylation is 1. The zero-order chi connectivity index (χ0) is 12.3. The topological polar surface area (TPSA) is 69.4 Å². The van der Waals surface area contributed by atoms with E-state index in [1.165, 1.54) is 0 Å². The van der Waals surface area contributed by atoms with Crippen molar-refractivity contribution in [3.05, 3.63) is 29.3 Å². The van der Waals surface area contributed by atoms with E-state index in [1.807, 2.05) is 0 Å². The molecule has 0 fully saturated rings. The Bertz CT molecular complexity index is 424. The van der Waals surface area contributed by atoms with Gasteiger partial charge in [-0.3, -0.25) is 9.59 Å². The average Bonchev–Trinajstić information content (AvgIpc) is 2.20. The van der Waals surface area contributed by atoms with Crippen LogP contribution in [0, 0.1) is 6.92 Å². The van der Waals surface area contributed by atoms with Crippen LogP contribution in [0.2, 0.25) is 0 Å². The first-order chi connectivity index (χ1) is 7.36. The molecule has 1 amide bonds. The van der Waals surface area contributed by atoms with Gasteiger partial charge in [0.05, 0.1) is 0 Å². The van der Waals surface area contributed by atoms with Crippen LogP contribution in [0.15, 0.2) is 18.2 Å². The van der Waals surface area contributed by atoms with Crippen molar-refractivity contribution < 1.29 is 14.3 Å². The molecule has 4 heteroatoms. The summed E-state index contributed by atoms with van der Waals surface area (Å²) in [5, 5.41) is 0. The van der Waals surface area contributed by atoms with Gasteiger partial charge in [0.1, 0.15) is 12.0 Å². The summed E-state index contributed by atoms with van der Waals surface area (Å²) in [7, 11) is 0. The summed E-state index contributed by atoms with van der Waals surface area (Å²) >= 11 is 0. The largest absolute Gasteiger partial charge is 0.478 e. The molecule has 1 rings (SSSR count). The van der Waals surface area contributed by atoms with Gasteiger partial charge in [0.15, 0.2) is 5.60 Å². The van der Waals surface area contributed by atoms with Gasteiger partial charge in [0, 0.05) is 5.56 Å². The maximum absolute atomic E-state index is 11.1. The normalized spacial score (nSPS) is 10.9. The Morgan fingerprint density at radius 3 is 2.50 bits per heavy atom. The quantitative estimate of drug-likeness (QED) is 0.782. The highest BCUT2D eigenvalue weighted by molar-refractivity contribution is 5.83. The van der Waals surface area contributed by atoms with Gasteiger partial charge in [0.2, 0.25) is 0 Å². The Morgan fingerprint density at radius 1 is 1.44 bits per heavy atom. The van der Waals surface area contributed by atoms with Crippen LogP contribution in [0.1, 0.15) is 29.8 Å². The van der Waals surface area contributed by atoms with Gasteiger partial charge in [-0.15, -0.1) is 0 Å². The summed E-state index contributed by atoms with van der Waals surface area (Å²) in [5.41, 5.74) is 5.50. The molecule has 0 bridgehead atoms. The molecule has 0 aliphatic carbocycles. The van der Waals surface area contributed by atoms with Gasteiger partial charge in [-0.2, -0.15) is 0 Å². The van der Waals surface area contributed by atoms with Crippen molar-refractivity contribution >= 4 is 12.2 Å². The molecule has 16 heavy (non-hydrogen) atoms. The monoisotopic (exact) mass is 221 g/mol. The number of primary amides is 1. The third-order valence-electron chi connectivity index (χ3n) is 2.29. The number of nitrogens with two attached hydrogens (primary N) is 1. The summed E-state index contributed by atoms with van der Waals surface area (Å²) in [6.07, 6.45) is 0.760. The van der Waals surface area contributed by atoms with Crippen molar-refractivity contribution in [2.75, 3.05) is 0 Å². The molecule has 0 saturated heterocycles. The predicted molar refractivity (Wildman–Crippen MR) is 60.5 cm³/mol. The molecule has 4 nitrogen and oxygen atoms in total. The van der Waals surface area contributed by atoms with Crippen molar-refractivity contribution in [2.45, 2.75) is 26.4 Å². The van der Waals surface area contributed by atoms with E-state index in [9.17, 15) is 9.59 Å². The minimum Gasteiger partial charge on any atom is -0.478 e. The number of hydrogen-bond donors (Lipinski definition) is 1. The molecule has 0 aliphatic rings. The van der Waals surface area contributed by atoms with Crippen LogP contribution >= 0.6 is 0 Å². The van der Waals surface area contributed by atoms with E-state index in [4.69, 9.17) is 10.5 Å². The van der Waals surface area contributed by atoms with E-state index in [2.05, 4.69) is 0 Å². The van der Waals surface area contributed by atoms with Crippen LogP contribution in [-0.2, 0) is 4.79 Å². The summed E-state index contributed by atoms with van der Waals surface area (Å²) in [6.45, 7) is 5.00. The molecule has 0 unspecified atom stereocenters. The number of benzene rings is 1. The summed E-state index contributed by atoms with van der Waals surface area (Å²) < 4.78 is 5.50. The lowest BCUT2D eigenvalue weighted by atomic mass is 10.1. The molecule has 0 saturated carbocycles. The number of hydrogen-bond acceptors (Lipinski definition) is 3. The smallest absolute Gasteiger partial charge is 0.261 e. The Morgan fingerprint density at radius 2 is 2.06 bits per heavy atom. The molecule has 0 radical (unpaired) electrons. The van der Waals surface area contributed by atoms with Crippen LogP contribution in [0.25, 0.3) is 0 Å². The second-order valence-electron chi connectivity index (χ2n) is 4.12. The number of aldehydes is 1. The molecule has 86 valence electrons.